The van der Waals surface area contributed by atoms with Gasteiger partial charge >= 0.3 is 0 Å². The highest BCUT2D eigenvalue weighted by Gasteiger charge is 2.66. The van der Waals surface area contributed by atoms with Crippen LogP contribution in [0.3, 0.4) is 0 Å². The van der Waals surface area contributed by atoms with Gasteiger partial charge in [-0.2, -0.15) is 0 Å². The lowest BCUT2D eigenvalue weighted by molar-refractivity contribution is -0.142. The van der Waals surface area contributed by atoms with E-state index in [2.05, 4.69) is 5.32 Å². The smallest absolute Gasteiger partial charge is 0.223 e. The van der Waals surface area contributed by atoms with E-state index in [4.69, 9.17) is 5.73 Å². The largest absolute Gasteiger partial charge is 0.350 e. The zero-order valence-corrected chi connectivity index (χ0v) is 7.81. The Morgan fingerprint density at radius 1 is 1.31 bits per heavy atom. The molecule has 0 atom stereocenters. The number of carbonyl (C=O) groups excluding carboxylic acids is 1. The van der Waals surface area contributed by atoms with Gasteiger partial charge in [-0.05, 0) is 32.1 Å². The van der Waals surface area contributed by atoms with Gasteiger partial charge in [0.15, 0.2) is 0 Å². The molecule has 0 aromatic heterocycles. The predicted octanol–water partition coefficient (Wildman–Crippen LogP) is 0.536. The van der Waals surface area contributed by atoms with Crippen molar-refractivity contribution in [1.82, 2.24) is 5.32 Å². The molecule has 72 valence electrons. The topological polar surface area (TPSA) is 55.1 Å². The second-order valence-electron chi connectivity index (χ2n) is 5.29. The number of nitrogens with two attached hydrogens (primary N) is 1. The molecule has 4 fully saturated rings. The minimum atomic E-state index is 0.104. The van der Waals surface area contributed by atoms with Gasteiger partial charge in [0.25, 0.3) is 0 Å². The summed E-state index contributed by atoms with van der Waals surface area (Å²) in [6.07, 6.45) is 6.45. The van der Waals surface area contributed by atoms with Crippen molar-refractivity contribution in [1.29, 1.82) is 0 Å². The maximum absolute atomic E-state index is 11.6. The molecule has 0 aliphatic heterocycles. The fourth-order valence-corrected chi connectivity index (χ4v) is 3.03. The van der Waals surface area contributed by atoms with Crippen LogP contribution in [0.5, 0.6) is 0 Å². The number of amides is 1. The van der Waals surface area contributed by atoms with Crippen molar-refractivity contribution in [3.05, 3.63) is 0 Å². The van der Waals surface area contributed by atoms with Crippen LogP contribution in [0.2, 0.25) is 0 Å². The summed E-state index contributed by atoms with van der Waals surface area (Å²) in [5.74, 6) is 0.607. The number of hydrogen-bond acceptors (Lipinski definition) is 2. The number of rotatable bonds is 2. The second kappa shape index (κ2) is 2.08. The highest BCUT2D eigenvalue weighted by Crippen LogP contribution is 2.58. The molecular weight excluding hydrogens is 164 g/mol. The molecule has 4 saturated carbocycles. The molecule has 13 heavy (non-hydrogen) atoms. The van der Waals surface area contributed by atoms with Crippen LogP contribution >= 0.6 is 0 Å². The summed E-state index contributed by atoms with van der Waals surface area (Å²) in [5.41, 5.74) is 6.16. The summed E-state index contributed by atoms with van der Waals surface area (Å²) >= 11 is 0. The molecule has 4 rings (SSSR count). The molecule has 0 heterocycles. The van der Waals surface area contributed by atoms with Crippen LogP contribution in [0.1, 0.15) is 38.5 Å². The minimum Gasteiger partial charge on any atom is -0.350 e. The van der Waals surface area contributed by atoms with Crippen molar-refractivity contribution >= 4 is 5.91 Å². The monoisotopic (exact) mass is 180 g/mol. The Morgan fingerprint density at radius 3 is 2.31 bits per heavy atom. The van der Waals surface area contributed by atoms with E-state index in [1.165, 1.54) is 6.42 Å². The number of nitrogens with one attached hydrogen (secondary N) is 1. The molecule has 0 spiro atoms. The quantitative estimate of drug-likeness (QED) is 0.651. The zero-order chi connectivity index (χ0) is 9.10. The average molecular weight is 180 g/mol. The summed E-state index contributed by atoms with van der Waals surface area (Å²) < 4.78 is 0. The van der Waals surface area contributed by atoms with E-state index in [1.807, 2.05) is 0 Å². The van der Waals surface area contributed by atoms with Gasteiger partial charge in [-0.1, -0.05) is 6.42 Å². The van der Waals surface area contributed by atoms with E-state index >= 15 is 0 Å². The van der Waals surface area contributed by atoms with Crippen molar-refractivity contribution in [2.24, 2.45) is 11.7 Å². The number of carbonyl (C=O) groups is 1. The molecular formula is C10H16N2O. The fourth-order valence-electron chi connectivity index (χ4n) is 3.03. The molecule has 3 N–H and O–H groups in total. The Kier molecular flexibility index (Phi) is 1.25. The van der Waals surface area contributed by atoms with E-state index < -0.39 is 0 Å². The summed E-state index contributed by atoms with van der Waals surface area (Å²) in [5, 5.41) is 3.17. The van der Waals surface area contributed by atoms with Gasteiger partial charge in [-0.15, -0.1) is 0 Å². The van der Waals surface area contributed by atoms with Gasteiger partial charge < -0.3 is 11.1 Å². The molecule has 0 saturated heterocycles. The molecule has 0 aromatic rings. The Labute approximate surface area is 78.1 Å². The lowest BCUT2D eigenvalue weighted by Gasteiger charge is -2.69. The highest BCUT2D eigenvalue weighted by atomic mass is 16.2. The van der Waals surface area contributed by atoms with Crippen LogP contribution in [0.4, 0.5) is 0 Å². The molecule has 1 amide bonds. The predicted molar refractivity (Wildman–Crippen MR) is 49.0 cm³/mol. The fraction of sp³-hybridized carbons (Fsp3) is 0.900. The van der Waals surface area contributed by atoms with Crippen molar-refractivity contribution in [2.45, 2.75) is 49.6 Å². The summed E-state index contributed by atoms with van der Waals surface area (Å²) in [7, 11) is 0. The SMILES string of the molecule is NC12CC(NC(=O)C3CCC3)(C1)C2. The second-order valence-corrected chi connectivity index (χ2v) is 5.29. The Bertz CT molecular complexity index is 250. The van der Waals surface area contributed by atoms with Gasteiger partial charge in [0, 0.05) is 17.0 Å². The van der Waals surface area contributed by atoms with Crippen molar-refractivity contribution < 1.29 is 4.79 Å². The van der Waals surface area contributed by atoms with Crippen molar-refractivity contribution in [2.75, 3.05) is 0 Å². The Hall–Kier alpha value is -0.570. The molecule has 3 heteroatoms. The maximum Gasteiger partial charge on any atom is 0.223 e. The third-order valence-corrected chi connectivity index (χ3v) is 3.94. The lowest BCUT2D eigenvalue weighted by Crippen LogP contribution is -2.82. The van der Waals surface area contributed by atoms with Crippen LogP contribution in [-0.2, 0) is 4.79 Å². The van der Waals surface area contributed by atoms with E-state index in [9.17, 15) is 4.79 Å². The molecule has 0 aromatic carbocycles. The number of hydrogen-bond donors (Lipinski definition) is 2. The Balaban J connectivity index is 1.56. The zero-order valence-electron chi connectivity index (χ0n) is 7.81. The van der Waals surface area contributed by atoms with Crippen molar-refractivity contribution in [3.8, 4) is 0 Å². The average Bonchev–Trinajstić information content (AvgIpc) is 1.76. The normalized spacial score (nSPS) is 47.2. The van der Waals surface area contributed by atoms with Crippen LogP contribution in [0, 0.1) is 5.92 Å². The van der Waals surface area contributed by atoms with Crippen LogP contribution in [-0.4, -0.2) is 17.0 Å². The third kappa shape index (κ3) is 0.966. The Morgan fingerprint density at radius 2 is 1.92 bits per heavy atom. The van der Waals surface area contributed by atoms with Gasteiger partial charge in [0.05, 0.1) is 0 Å². The molecule has 4 aliphatic rings. The lowest BCUT2D eigenvalue weighted by atomic mass is 9.44. The molecule has 4 aliphatic carbocycles. The maximum atomic E-state index is 11.6. The third-order valence-electron chi connectivity index (χ3n) is 3.94. The first-order chi connectivity index (χ1) is 6.11. The van der Waals surface area contributed by atoms with Gasteiger partial charge in [0.1, 0.15) is 0 Å². The molecule has 0 unspecified atom stereocenters. The van der Waals surface area contributed by atoms with Gasteiger partial charge in [-0.3, -0.25) is 4.79 Å². The van der Waals surface area contributed by atoms with E-state index in [0.717, 1.165) is 32.1 Å². The van der Waals surface area contributed by atoms with E-state index in [-0.39, 0.29) is 17.0 Å². The molecule has 0 radical (unpaired) electrons. The first-order valence-corrected chi connectivity index (χ1v) is 5.22. The standard InChI is InChI=1S/C10H16N2O/c11-9-4-10(5-9,6-9)12-8(13)7-2-1-3-7/h7H,1-6,11H2,(H,12,13). The minimum absolute atomic E-state index is 0.104. The van der Waals surface area contributed by atoms with E-state index in [1.54, 1.807) is 0 Å². The highest BCUT2D eigenvalue weighted by molar-refractivity contribution is 5.80. The summed E-state index contributed by atoms with van der Waals surface area (Å²) in [6.45, 7) is 0. The van der Waals surface area contributed by atoms with E-state index in [0.29, 0.717) is 5.92 Å². The first-order valence-electron chi connectivity index (χ1n) is 5.22. The summed E-state index contributed by atoms with van der Waals surface area (Å²) in [6, 6.07) is 0. The van der Waals surface area contributed by atoms with Crippen LogP contribution < -0.4 is 11.1 Å². The molecule has 3 nitrogen and oxygen atoms in total. The first kappa shape index (κ1) is 7.80. The van der Waals surface area contributed by atoms with Gasteiger partial charge in [-0.25, -0.2) is 0 Å². The van der Waals surface area contributed by atoms with Crippen LogP contribution in [0.25, 0.3) is 0 Å². The molecule has 2 bridgehead atoms. The van der Waals surface area contributed by atoms with Crippen LogP contribution in [0.15, 0.2) is 0 Å². The summed E-state index contributed by atoms with van der Waals surface area (Å²) in [4.78, 5) is 11.6. The van der Waals surface area contributed by atoms with Crippen molar-refractivity contribution in [3.63, 3.8) is 0 Å². The van der Waals surface area contributed by atoms with Gasteiger partial charge in [0.2, 0.25) is 5.91 Å².